The zero-order valence-electron chi connectivity index (χ0n) is 8.87. The van der Waals surface area contributed by atoms with E-state index in [4.69, 9.17) is 11.6 Å². The van der Waals surface area contributed by atoms with Crippen LogP contribution in [0.25, 0.3) is 11.1 Å². The second-order valence-corrected chi connectivity index (χ2v) is 4.03. The lowest BCUT2D eigenvalue weighted by Gasteiger charge is -2.11. The second-order valence-electron chi connectivity index (χ2n) is 3.62. The number of pyridine rings is 1. The Labute approximate surface area is 106 Å². The van der Waals surface area contributed by atoms with E-state index >= 15 is 0 Å². The third kappa shape index (κ3) is 2.56. The summed E-state index contributed by atoms with van der Waals surface area (Å²) < 4.78 is 38.0. The highest BCUT2D eigenvalue weighted by Crippen LogP contribution is 2.37. The zero-order valence-corrected chi connectivity index (χ0v) is 9.63. The molecular weight excluding hydrogens is 267 g/mol. The minimum absolute atomic E-state index is 0.115. The quantitative estimate of drug-likeness (QED) is 0.847. The predicted octanol–water partition coefficient (Wildman–Crippen LogP) is 4.13. The van der Waals surface area contributed by atoms with Gasteiger partial charge in [-0.3, -0.25) is 4.98 Å². The first-order chi connectivity index (χ1) is 8.38. The minimum Gasteiger partial charge on any atom is -0.506 e. The summed E-state index contributed by atoms with van der Waals surface area (Å²) in [6, 6.07) is 4.87. The largest absolute Gasteiger partial charge is 0.506 e. The van der Waals surface area contributed by atoms with Crippen LogP contribution in [0.4, 0.5) is 13.2 Å². The molecule has 0 saturated heterocycles. The van der Waals surface area contributed by atoms with Crippen molar-refractivity contribution in [1.29, 1.82) is 0 Å². The highest BCUT2D eigenvalue weighted by molar-refractivity contribution is 6.31. The van der Waals surface area contributed by atoms with Crippen LogP contribution in [0.15, 0.2) is 36.7 Å². The third-order valence-corrected chi connectivity index (χ3v) is 2.66. The predicted molar refractivity (Wildman–Crippen MR) is 61.3 cm³/mol. The van der Waals surface area contributed by atoms with Crippen LogP contribution in [0, 0.1) is 0 Å². The van der Waals surface area contributed by atoms with Crippen LogP contribution in [-0.2, 0) is 6.18 Å². The fraction of sp³-hybridized carbons (Fsp3) is 0.0833. The highest BCUT2D eigenvalue weighted by atomic mass is 35.5. The molecule has 0 aliphatic carbocycles. The molecule has 0 unspecified atom stereocenters. The lowest BCUT2D eigenvalue weighted by atomic mass is 10.0. The molecule has 94 valence electrons. The summed E-state index contributed by atoms with van der Waals surface area (Å²) in [5, 5.41) is 8.89. The van der Waals surface area contributed by atoms with Gasteiger partial charge in [0.05, 0.1) is 16.8 Å². The van der Waals surface area contributed by atoms with Crippen molar-refractivity contribution < 1.29 is 18.3 Å². The van der Waals surface area contributed by atoms with Gasteiger partial charge in [0.25, 0.3) is 0 Å². The molecule has 6 heteroatoms. The molecule has 1 aromatic heterocycles. The minimum atomic E-state index is -4.52. The molecule has 2 nitrogen and oxygen atoms in total. The number of hydrogen-bond acceptors (Lipinski definition) is 2. The fourth-order valence-corrected chi connectivity index (χ4v) is 1.73. The second kappa shape index (κ2) is 4.49. The van der Waals surface area contributed by atoms with Crippen LogP contribution >= 0.6 is 11.6 Å². The third-order valence-electron chi connectivity index (χ3n) is 2.33. The topological polar surface area (TPSA) is 33.1 Å². The molecule has 0 bridgehead atoms. The first kappa shape index (κ1) is 12.7. The Hall–Kier alpha value is -1.75. The van der Waals surface area contributed by atoms with E-state index in [1.165, 1.54) is 30.6 Å². The van der Waals surface area contributed by atoms with Gasteiger partial charge in [-0.25, -0.2) is 0 Å². The number of rotatable bonds is 1. The van der Waals surface area contributed by atoms with E-state index in [0.29, 0.717) is 5.56 Å². The molecule has 1 heterocycles. The summed E-state index contributed by atoms with van der Waals surface area (Å²) in [5.41, 5.74) is -0.239. The molecule has 0 aliphatic heterocycles. The van der Waals surface area contributed by atoms with E-state index in [9.17, 15) is 18.3 Å². The van der Waals surface area contributed by atoms with Crippen LogP contribution in [-0.4, -0.2) is 10.1 Å². The lowest BCUT2D eigenvalue weighted by Crippen LogP contribution is -2.05. The molecule has 0 fully saturated rings. The summed E-state index contributed by atoms with van der Waals surface area (Å²) in [4.78, 5) is 3.71. The van der Waals surface area contributed by atoms with Gasteiger partial charge in [-0.15, -0.1) is 0 Å². The Bertz CT molecular complexity index is 584. The van der Waals surface area contributed by atoms with Crippen molar-refractivity contribution in [1.82, 2.24) is 4.98 Å². The molecular formula is C12H7ClF3NO. The van der Waals surface area contributed by atoms with Gasteiger partial charge in [-0.2, -0.15) is 13.2 Å². The molecule has 0 aliphatic rings. The summed E-state index contributed by atoms with van der Waals surface area (Å²) >= 11 is 5.51. The molecule has 1 aromatic carbocycles. The van der Waals surface area contributed by atoms with E-state index in [1.807, 2.05) is 0 Å². The molecule has 0 radical (unpaired) electrons. The highest BCUT2D eigenvalue weighted by Gasteiger charge is 2.33. The number of aromatic nitrogens is 1. The van der Waals surface area contributed by atoms with E-state index < -0.39 is 11.7 Å². The Morgan fingerprint density at radius 2 is 1.78 bits per heavy atom. The van der Waals surface area contributed by atoms with Crippen molar-refractivity contribution >= 4 is 11.6 Å². The monoisotopic (exact) mass is 273 g/mol. The lowest BCUT2D eigenvalue weighted by molar-refractivity contribution is -0.137. The van der Waals surface area contributed by atoms with Crippen LogP contribution in [0.1, 0.15) is 5.56 Å². The molecule has 0 spiro atoms. The van der Waals surface area contributed by atoms with Crippen molar-refractivity contribution in [3.8, 4) is 16.9 Å². The van der Waals surface area contributed by atoms with Crippen molar-refractivity contribution in [3.63, 3.8) is 0 Å². The van der Waals surface area contributed by atoms with Crippen molar-refractivity contribution in [2.24, 2.45) is 0 Å². The SMILES string of the molecule is Oc1cncc(-c2ccc(Cl)c(C(F)(F)F)c2)c1. The Balaban J connectivity index is 2.54. The van der Waals surface area contributed by atoms with Gasteiger partial charge in [0.1, 0.15) is 5.75 Å². The van der Waals surface area contributed by atoms with Gasteiger partial charge < -0.3 is 5.11 Å². The smallest absolute Gasteiger partial charge is 0.417 e. The molecule has 18 heavy (non-hydrogen) atoms. The van der Waals surface area contributed by atoms with Gasteiger partial charge >= 0.3 is 6.18 Å². The number of aromatic hydroxyl groups is 1. The van der Waals surface area contributed by atoms with Crippen molar-refractivity contribution in [2.75, 3.05) is 0 Å². The van der Waals surface area contributed by atoms with Crippen LogP contribution in [0.2, 0.25) is 5.02 Å². The summed E-state index contributed by atoms with van der Waals surface area (Å²) in [7, 11) is 0. The number of halogens is 4. The fourth-order valence-electron chi connectivity index (χ4n) is 1.51. The Morgan fingerprint density at radius 3 is 2.39 bits per heavy atom. The van der Waals surface area contributed by atoms with Gasteiger partial charge in [-0.05, 0) is 23.8 Å². The van der Waals surface area contributed by atoms with Gasteiger partial charge in [0.2, 0.25) is 0 Å². The summed E-state index contributed by atoms with van der Waals surface area (Å²) in [5.74, 6) is -0.115. The summed E-state index contributed by atoms with van der Waals surface area (Å²) in [6.07, 6.45) is -1.95. The maximum Gasteiger partial charge on any atom is 0.417 e. The molecule has 0 amide bonds. The average Bonchev–Trinajstić information content (AvgIpc) is 2.28. The molecule has 2 rings (SSSR count). The normalized spacial score (nSPS) is 11.6. The van der Waals surface area contributed by atoms with Crippen molar-refractivity contribution in [3.05, 3.63) is 47.2 Å². The molecule has 1 N–H and O–H groups in total. The van der Waals surface area contributed by atoms with E-state index in [0.717, 1.165) is 6.07 Å². The van der Waals surface area contributed by atoms with E-state index in [2.05, 4.69) is 4.98 Å². The van der Waals surface area contributed by atoms with Gasteiger partial charge in [-0.1, -0.05) is 17.7 Å². The summed E-state index contributed by atoms with van der Waals surface area (Å²) in [6.45, 7) is 0. The molecule has 2 aromatic rings. The number of benzene rings is 1. The maximum absolute atomic E-state index is 12.7. The van der Waals surface area contributed by atoms with Crippen LogP contribution in [0.3, 0.4) is 0 Å². The Kier molecular flexibility index (Phi) is 3.17. The molecule has 0 atom stereocenters. The molecule has 0 saturated carbocycles. The average molecular weight is 274 g/mol. The first-order valence-electron chi connectivity index (χ1n) is 4.89. The number of alkyl halides is 3. The van der Waals surface area contributed by atoms with Gasteiger partial charge in [0.15, 0.2) is 0 Å². The maximum atomic E-state index is 12.7. The van der Waals surface area contributed by atoms with Crippen molar-refractivity contribution in [2.45, 2.75) is 6.18 Å². The van der Waals surface area contributed by atoms with E-state index in [1.54, 1.807) is 0 Å². The van der Waals surface area contributed by atoms with Crippen LogP contribution in [0.5, 0.6) is 5.75 Å². The first-order valence-corrected chi connectivity index (χ1v) is 5.27. The number of nitrogens with zero attached hydrogens (tertiary/aromatic N) is 1. The Morgan fingerprint density at radius 1 is 1.06 bits per heavy atom. The van der Waals surface area contributed by atoms with Crippen LogP contribution < -0.4 is 0 Å². The van der Waals surface area contributed by atoms with Gasteiger partial charge in [0, 0.05) is 11.8 Å². The zero-order chi connectivity index (χ0) is 13.3. The number of hydrogen-bond donors (Lipinski definition) is 1. The standard InChI is InChI=1S/C12H7ClF3NO/c13-11-2-1-7(4-10(11)12(14,15)16)8-3-9(18)6-17-5-8/h1-6,18H. The van der Waals surface area contributed by atoms with E-state index in [-0.39, 0.29) is 16.3 Å².